The van der Waals surface area contributed by atoms with Gasteiger partial charge in [0.25, 0.3) is 11.8 Å². The molecule has 0 saturated heterocycles. The number of carbonyl (C=O) groups is 4. The standard InChI is InChI=1S/C22H24N2O7S/c1-22(2,3)31-21(29)23-11-17(16-9-6-10-30-16)32-12-15(20(27)28)24-18(25)13-7-4-5-8-14(13)19(24)26/h4-10,15,17H,11-12H2,1-3H3,(H,23,29)(H,27,28)/t15-,17?/m0/s1. The second-order valence-electron chi connectivity index (χ2n) is 8.10. The fourth-order valence-electron chi connectivity index (χ4n) is 3.16. The van der Waals surface area contributed by atoms with Crippen LogP contribution in [0.5, 0.6) is 0 Å². The van der Waals surface area contributed by atoms with Crippen molar-refractivity contribution in [3.05, 3.63) is 59.5 Å². The number of furan rings is 1. The summed E-state index contributed by atoms with van der Waals surface area (Å²) in [4.78, 5) is 50.2. The molecule has 9 nitrogen and oxygen atoms in total. The molecule has 0 spiro atoms. The van der Waals surface area contributed by atoms with Crippen LogP contribution in [-0.4, -0.2) is 57.8 Å². The number of benzene rings is 1. The molecule has 1 aromatic heterocycles. The van der Waals surface area contributed by atoms with E-state index in [4.69, 9.17) is 9.15 Å². The van der Waals surface area contributed by atoms with Crippen molar-refractivity contribution >= 4 is 35.6 Å². The van der Waals surface area contributed by atoms with Gasteiger partial charge >= 0.3 is 12.1 Å². The summed E-state index contributed by atoms with van der Waals surface area (Å²) in [6, 6.07) is 8.23. The molecule has 3 amide bonds. The Hall–Kier alpha value is -3.27. The molecule has 0 fully saturated rings. The van der Waals surface area contributed by atoms with E-state index in [1.54, 1.807) is 45.0 Å². The maximum absolute atomic E-state index is 12.7. The summed E-state index contributed by atoms with van der Waals surface area (Å²) in [5, 5.41) is 11.9. The minimum Gasteiger partial charge on any atom is -0.480 e. The van der Waals surface area contributed by atoms with Gasteiger partial charge in [0.05, 0.1) is 22.6 Å². The molecule has 0 radical (unpaired) electrons. The minimum absolute atomic E-state index is 0.0951. The molecular weight excluding hydrogens is 436 g/mol. The van der Waals surface area contributed by atoms with Gasteiger partial charge in [0.2, 0.25) is 0 Å². The molecule has 0 saturated carbocycles. The number of thioether (sulfide) groups is 1. The molecule has 1 aliphatic heterocycles. The predicted octanol–water partition coefficient (Wildman–Crippen LogP) is 3.33. The van der Waals surface area contributed by atoms with Crippen molar-refractivity contribution < 1.29 is 33.4 Å². The number of nitrogens with one attached hydrogen (secondary N) is 1. The maximum Gasteiger partial charge on any atom is 0.407 e. The molecule has 1 aromatic carbocycles. The summed E-state index contributed by atoms with van der Waals surface area (Å²) in [6.07, 6.45) is 0.847. The number of carboxylic acids is 1. The van der Waals surface area contributed by atoms with Gasteiger partial charge in [-0.25, -0.2) is 9.59 Å². The predicted molar refractivity (Wildman–Crippen MR) is 117 cm³/mol. The Morgan fingerprint density at radius 1 is 1.12 bits per heavy atom. The first-order chi connectivity index (χ1) is 15.1. The first-order valence-electron chi connectivity index (χ1n) is 9.90. The largest absolute Gasteiger partial charge is 0.480 e. The van der Waals surface area contributed by atoms with E-state index in [0.29, 0.717) is 5.76 Å². The zero-order valence-corrected chi connectivity index (χ0v) is 18.7. The lowest BCUT2D eigenvalue weighted by Gasteiger charge is -2.25. The Kier molecular flexibility index (Phi) is 6.93. The minimum atomic E-state index is -1.38. The van der Waals surface area contributed by atoms with E-state index in [0.717, 1.165) is 16.7 Å². The lowest BCUT2D eigenvalue weighted by molar-refractivity contribution is -0.140. The van der Waals surface area contributed by atoms with Crippen molar-refractivity contribution in [2.24, 2.45) is 0 Å². The van der Waals surface area contributed by atoms with E-state index >= 15 is 0 Å². The quantitative estimate of drug-likeness (QED) is 0.575. The first kappa shape index (κ1) is 23.4. The monoisotopic (exact) mass is 460 g/mol. The topological polar surface area (TPSA) is 126 Å². The number of carbonyl (C=O) groups excluding carboxylic acids is 3. The lowest BCUT2D eigenvalue weighted by Crippen LogP contribution is -2.46. The fraction of sp³-hybridized carbons (Fsp3) is 0.364. The van der Waals surface area contributed by atoms with Gasteiger partial charge in [-0.15, -0.1) is 11.8 Å². The SMILES string of the molecule is CC(C)(C)OC(=O)NCC(SC[C@@H](C(=O)O)N1C(=O)c2ccccc2C1=O)c1ccco1. The lowest BCUT2D eigenvalue weighted by atomic mass is 10.1. The Morgan fingerprint density at radius 3 is 2.25 bits per heavy atom. The number of imide groups is 1. The zero-order chi connectivity index (χ0) is 23.5. The zero-order valence-electron chi connectivity index (χ0n) is 17.9. The average molecular weight is 461 g/mol. The number of hydrogen-bond acceptors (Lipinski definition) is 7. The maximum atomic E-state index is 12.7. The molecule has 0 aliphatic carbocycles. The molecule has 10 heteroatoms. The van der Waals surface area contributed by atoms with Crippen molar-refractivity contribution in [2.45, 2.75) is 37.7 Å². The number of amides is 3. The highest BCUT2D eigenvalue weighted by molar-refractivity contribution is 7.99. The number of carboxylic acid groups (broad SMARTS) is 1. The summed E-state index contributed by atoms with van der Waals surface area (Å²) in [6.45, 7) is 5.32. The van der Waals surface area contributed by atoms with Gasteiger partial charge in [-0.05, 0) is 45.0 Å². The van der Waals surface area contributed by atoms with Crippen LogP contribution in [0.3, 0.4) is 0 Å². The molecule has 2 aromatic rings. The van der Waals surface area contributed by atoms with Crippen LogP contribution in [0, 0.1) is 0 Å². The summed E-state index contributed by atoms with van der Waals surface area (Å²) in [5.41, 5.74) is -0.303. The van der Waals surface area contributed by atoms with E-state index in [9.17, 15) is 24.3 Å². The number of aliphatic carboxylic acids is 1. The molecular formula is C22H24N2O7S. The highest BCUT2D eigenvalue weighted by atomic mass is 32.2. The van der Waals surface area contributed by atoms with E-state index in [1.807, 2.05) is 0 Å². The van der Waals surface area contributed by atoms with Crippen LogP contribution >= 0.6 is 11.8 Å². The van der Waals surface area contributed by atoms with Crippen LogP contribution < -0.4 is 5.32 Å². The number of rotatable bonds is 8. The third kappa shape index (κ3) is 5.31. The fourth-order valence-corrected chi connectivity index (χ4v) is 4.37. The highest BCUT2D eigenvalue weighted by Gasteiger charge is 2.43. The van der Waals surface area contributed by atoms with Crippen molar-refractivity contribution in [1.29, 1.82) is 0 Å². The second kappa shape index (κ2) is 9.47. The van der Waals surface area contributed by atoms with Gasteiger partial charge in [0.1, 0.15) is 17.4 Å². The first-order valence-corrected chi connectivity index (χ1v) is 10.9. The second-order valence-corrected chi connectivity index (χ2v) is 9.34. The summed E-state index contributed by atoms with van der Waals surface area (Å²) in [5.74, 6) is -2.16. The van der Waals surface area contributed by atoms with Gasteiger partial charge in [0.15, 0.2) is 0 Å². The summed E-state index contributed by atoms with van der Waals surface area (Å²) >= 11 is 1.15. The third-order valence-corrected chi connectivity index (χ3v) is 5.88. The molecule has 2 heterocycles. The summed E-state index contributed by atoms with van der Waals surface area (Å²) < 4.78 is 10.7. The normalized spacial score (nSPS) is 15.3. The Labute approximate surface area is 189 Å². The molecule has 1 aliphatic rings. The van der Waals surface area contributed by atoms with Crippen LogP contribution in [0.1, 0.15) is 52.5 Å². The van der Waals surface area contributed by atoms with Crippen LogP contribution in [0.2, 0.25) is 0 Å². The van der Waals surface area contributed by atoms with Crippen molar-refractivity contribution in [3.8, 4) is 0 Å². The van der Waals surface area contributed by atoms with Gasteiger partial charge in [-0.3, -0.25) is 14.5 Å². The number of nitrogens with zero attached hydrogens (tertiary/aromatic N) is 1. The van der Waals surface area contributed by atoms with Gasteiger partial charge < -0.3 is 19.6 Å². The van der Waals surface area contributed by atoms with Crippen LogP contribution in [0.25, 0.3) is 0 Å². The number of fused-ring (bicyclic) bond motifs is 1. The highest BCUT2D eigenvalue weighted by Crippen LogP contribution is 2.32. The van der Waals surface area contributed by atoms with Crippen LogP contribution in [0.4, 0.5) is 4.79 Å². The Morgan fingerprint density at radius 2 is 1.75 bits per heavy atom. The molecule has 170 valence electrons. The number of ether oxygens (including phenoxy) is 1. The van der Waals surface area contributed by atoms with E-state index in [2.05, 4.69) is 5.32 Å². The number of hydrogen-bond donors (Lipinski definition) is 2. The molecule has 3 rings (SSSR count). The molecule has 1 unspecified atom stereocenters. The molecule has 0 bridgehead atoms. The van der Waals surface area contributed by atoms with Gasteiger partial charge in [0, 0.05) is 12.3 Å². The Bertz CT molecular complexity index is 979. The van der Waals surface area contributed by atoms with E-state index in [1.165, 1.54) is 18.4 Å². The molecule has 2 atom stereocenters. The molecule has 2 N–H and O–H groups in total. The molecule has 32 heavy (non-hydrogen) atoms. The Balaban J connectivity index is 1.72. The third-order valence-electron chi connectivity index (χ3n) is 4.57. The van der Waals surface area contributed by atoms with Gasteiger partial charge in [-0.2, -0.15) is 0 Å². The average Bonchev–Trinajstić information content (AvgIpc) is 3.32. The van der Waals surface area contributed by atoms with E-state index in [-0.39, 0.29) is 23.4 Å². The van der Waals surface area contributed by atoms with E-state index < -0.39 is 40.8 Å². The van der Waals surface area contributed by atoms with Crippen molar-refractivity contribution in [2.75, 3.05) is 12.3 Å². The summed E-state index contributed by atoms with van der Waals surface area (Å²) in [7, 11) is 0. The van der Waals surface area contributed by atoms with Crippen molar-refractivity contribution in [1.82, 2.24) is 10.2 Å². The smallest absolute Gasteiger partial charge is 0.407 e. The number of alkyl carbamates (subject to hydrolysis) is 1. The van der Waals surface area contributed by atoms with Crippen LogP contribution in [-0.2, 0) is 9.53 Å². The van der Waals surface area contributed by atoms with Crippen molar-refractivity contribution in [3.63, 3.8) is 0 Å². The van der Waals surface area contributed by atoms with Crippen LogP contribution in [0.15, 0.2) is 47.1 Å². The van der Waals surface area contributed by atoms with Gasteiger partial charge in [-0.1, -0.05) is 12.1 Å².